The van der Waals surface area contributed by atoms with Crippen molar-refractivity contribution in [3.8, 4) is 11.5 Å². The number of aromatic nitrogens is 8. The maximum Gasteiger partial charge on any atom is 0.453 e. The molecule has 3 N–H and O–H groups in total. The molecule has 220 valence electrons. The van der Waals surface area contributed by atoms with Crippen LogP contribution in [-0.4, -0.2) is 57.9 Å². The number of anilines is 2. The van der Waals surface area contributed by atoms with E-state index >= 15 is 0 Å². The molecular formula is C25H23F5N10O2. The van der Waals surface area contributed by atoms with E-state index in [1.165, 1.54) is 10.9 Å². The van der Waals surface area contributed by atoms with Gasteiger partial charge >= 0.3 is 12.1 Å². The minimum Gasteiger partial charge on any atom is -0.423 e. The van der Waals surface area contributed by atoms with Crippen molar-refractivity contribution in [1.82, 2.24) is 39.9 Å². The Morgan fingerprint density at radius 3 is 2.52 bits per heavy atom. The van der Waals surface area contributed by atoms with Crippen molar-refractivity contribution in [3.05, 3.63) is 29.4 Å². The van der Waals surface area contributed by atoms with Gasteiger partial charge in [0, 0.05) is 25.3 Å². The number of hydrogen-bond acceptors (Lipinski definition) is 10. The van der Waals surface area contributed by atoms with E-state index in [0.717, 1.165) is 12.8 Å². The lowest BCUT2D eigenvalue weighted by Gasteiger charge is -2.23. The third-order valence-corrected chi connectivity index (χ3v) is 7.95. The van der Waals surface area contributed by atoms with Crippen LogP contribution in [0.15, 0.2) is 10.6 Å². The number of aryl methyl sites for hydroxylation is 2. The number of rotatable bonds is 8. The third kappa shape index (κ3) is 3.92. The lowest BCUT2D eigenvalue weighted by atomic mass is 9.77. The number of nitrogen functional groups attached to an aromatic ring is 1. The van der Waals surface area contributed by atoms with Gasteiger partial charge < -0.3 is 15.5 Å². The van der Waals surface area contributed by atoms with E-state index in [-0.39, 0.29) is 52.4 Å². The molecule has 0 radical (unpaired) electrons. The summed E-state index contributed by atoms with van der Waals surface area (Å²) < 4.78 is 73.3. The summed E-state index contributed by atoms with van der Waals surface area (Å²) in [6.45, 7) is 2.09. The Bertz CT molecular complexity index is 1740. The standard InChI is InChI=1S/C25H23F5N10O2/c1-2-40-19-12(9-32-40)15(33-13(34-19)7-8-23(26,27)25(28,29)30)18-35-16(31)14-17(36-18)37-21(41)24(14,11-5-6-11)22-39-38-20(42-22)10-3-4-10/h9-11H,2-8H2,1H3,(H3,31,35,36,37,41). The molecule has 12 nitrogen and oxygen atoms in total. The molecule has 2 saturated carbocycles. The zero-order chi connectivity index (χ0) is 29.6. The quantitative estimate of drug-likeness (QED) is 0.288. The topological polar surface area (TPSA) is 163 Å². The Balaban J connectivity index is 1.33. The van der Waals surface area contributed by atoms with Crippen molar-refractivity contribution in [2.45, 2.75) is 75.4 Å². The number of carbonyl (C=O) groups excluding carboxylic acids is 1. The van der Waals surface area contributed by atoms with E-state index in [1.54, 1.807) is 6.92 Å². The highest BCUT2D eigenvalue weighted by atomic mass is 19.4. The number of nitrogens with zero attached hydrogens (tertiary/aromatic N) is 8. The summed E-state index contributed by atoms with van der Waals surface area (Å²) in [6, 6.07) is 0. The zero-order valence-electron chi connectivity index (χ0n) is 22.0. The van der Waals surface area contributed by atoms with Gasteiger partial charge in [0.05, 0.1) is 17.1 Å². The van der Waals surface area contributed by atoms with Crippen LogP contribution in [0.3, 0.4) is 0 Å². The number of alkyl halides is 5. The summed E-state index contributed by atoms with van der Waals surface area (Å²) in [7, 11) is 0. The van der Waals surface area contributed by atoms with Gasteiger partial charge in [-0.05, 0) is 38.5 Å². The minimum atomic E-state index is -5.72. The van der Waals surface area contributed by atoms with Crippen molar-refractivity contribution in [2.75, 3.05) is 11.1 Å². The maximum atomic E-state index is 13.7. The molecule has 0 bridgehead atoms. The number of hydrogen-bond donors (Lipinski definition) is 2. The molecule has 4 aromatic heterocycles. The van der Waals surface area contributed by atoms with Gasteiger partial charge in [0.2, 0.25) is 17.7 Å². The molecule has 2 aliphatic carbocycles. The number of halogens is 5. The Hall–Kier alpha value is -4.31. The van der Waals surface area contributed by atoms with Crippen LogP contribution in [-0.2, 0) is 23.2 Å². The highest BCUT2D eigenvalue weighted by molar-refractivity contribution is 6.09. The van der Waals surface area contributed by atoms with Gasteiger partial charge in [0.15, 0.2) is 16.9 Å². The molecule has 0 saturated heterocycles. The van der Waals surface area contributed by atoms with Crippen LogP contribution in [0.1, 0.15) is 68.1 Å². The van der Waals surface area contributed by atoms with E-state index in [2.05, 4.69) is 40.5 Å². The Kier molecular flexibility index (Phi) is 5.60. The van der Waals surface area contributed by atoms with Crippen LogP contribution in [0.2, 0.25) is 0 Å². The molecule has 2 fully saturated rings. The summed E-state index contributed by atoms with van der Waals surface area (Å²) in [5.41, 5.74) is 5.63. The summed E-state index contributed by atoms with van der Waals surface area (Å²) in [6.07, 6.45) is -3.37. The van der Waals surface area contributed by atoms with Crippen LogP contribution < -0.4 is 11.1 Å². The highest BCUT2D eigenvalue weighted by Crippen LogP contribution is 2.57. The molecule has 3 aliphatic rings. The number of nitrogens with one attached hydrogen (secondary N) is 1. The number of fused-ring (bicyclic) bond motifs is 2. The second-order valence-corrected chi connectivity index (χ2v) is 10.8. The fourth-order valence-corrected chi connectivity index (χ4v) is 5.48. The molecular weight excluding hydrogens is 567 g/mol. The number of amides is 1. The van der Waals surface area contributed by atoms with Gasteiger partial charge in [-0.15, -0.1) is 10.2 Å². The van der Waals surface area contributed by atoms with Crippen molar-refractivity contribution in [1.29, 1.82) is 0 Å². The average Bonchev–Trinajstić information content (AvgIpc) is 3.85. The SMILES string of the molecule is CCn1ncc2c(-c3nc(N)c4c(n3)NC(=O)C4(c3nnc(C4CC4)o3)C3CC3)nc(CCC(F)(F)C(F)(F)F)nc21. The van der Waals surface area contributed by atoms with E-state index in [9.17, 15) is 26.7 Å². The lowest BCUT2D eigenvalue weighted by Crippen LogP contribution is -2.39. The predicted molar refractivity (Wildman–Crippen MR) is 134 cm³/mol. The lowest BCUT2D eigenvalue weighted by molar-refractivity contribution is -0.284. The van der Waals surface area contributed by atoms with Gasteiger partial charge in [-0.3, -0.25) is 4.79 Å². The fourth-order valence-electron chi connectivity index (χ4n) is 5.48. The maximum absolute atomic E-state index is 13.7. The van der Waals surface area contributed by atoms with Crippen LogP contribution >= 0.6 is 0 Å². The molecule has 17 heteroatoms. The first-order valence-corrected chi connectivity index (χ1v) is 13.4. The smallest absolute Gasteiger partial charge is 0.423 e. The van der Waals surface area contributed by atoms with Crippen molar-refractivity contribution < 1.29 is 31.2 Å². The van der Waals surface area contributed by atoms with Gasteiger partial charge in [-0.2, -0.15) is 27.1 Å². The normalized spacial score (nSPS) is 20.8. The van der Waals surface area contributed by atoms with Crippen LogP contribution in [0.25, 0.3) is 22.6 Å². The minimum absolute atomic E-state index is 0.0199. The molecule has 1 atom stereocenters. The summed E-state index contributed by atoms with van der Waals surface area (Å²) in [5.74, 6) is -5.14. The Morgan fingerprint density at radius 2 is 1.86 bits per heavy atom. The first-order valence-electron chi connectivity index (χ1n) is 13.4. The van der Waals surface area contributed by atoms with Gasteiger partial charge in [0.1, 0.15) is 23.2 Å². The molecule has 1 aliphatic heterocycles. The van der Waals surface area contributed by atoms with Gasteiger partial charge in [-0.25, -0.2) is 24.6 Å². The summed E-state index contributed by atoms with van der Waals surface area (Å²) in [4.78, 5) is 31.1. The van der Waals surface area contributed by atoms with Gasteiger partial charge in [0.25, 0.3) is 0 Å². The monoisotopic (exact) mass is 590 g/mol. The second-order valence-electron chi connectivity index (χ2n) is 10.8. The molecule has 0 aromatic carbocycles. The van der Waals surface area contributed by atoms with E-state index in [4.69, 9.17) is 10.2 Å². The van der Waals surface area contributed by atoms with E-state index in [1.807, 2.05) is 0 Å². The van der Waals surface area contributed by atoms with Crippen molar-refractivity contribution in [3.63, 3.8) is 0 Å². The summed E-state index contributed by atoms with van der Waals surface area (Å²) in [5, 5.41) is 15.7. The molecule has 0 spiro atoms. The van der Waals surface area contributed by atoms with Crippen molar-refractivity contribution >= 4 is 28.6 Å². The molecule has 42 heavy (non-hydrogen) atoms. The number of carbonyl (C=O) groups is 1. The van der Waals surface area contributed by atoms with E-state index in [0.29, 0.717) is 36.2 Å². The van der Waals surface area contributed by atoms with Crippen molar-refractivity contribution in [2.24, 2.45) is 5.92 Å². The molecule has 5 heterocycles. The third-order valence-electron chi connectivity index (χ3n) is 7.95. The highest BCUT2D eigenvalue weighted by Gasteiger charge is 2.63. The Morgan fingerprint density at radius 1 is 1.10 bits per heavy atom. The predicted octanol–water partition coefficient (Wildman–Crippen LogP) is 3.92. The first kappa shape index (κ1) is 26.6. The van der Waals surface area contributed by atoms with Crippen LogP contribution in [0, 0.1) is 5.92 Å². The van der Waals surface area contributed by atoms with E-state index < -0.39 is 36.3 Å². The molecule has 4 aromatic rings. The molecule has 7 rings (SSSR count). The fraction of sp³-hybridized carbons (Fsp3) is 0.520. The number of nitrogens with two attached hydrogens (primary N) is 1. The zero-order valence-corrected chi connectivity index (χ0v) is 22.0. The van der Waals surface area contributed by atoms with Crippen LogP contribution in [0.5, 0.6) is 0 Å². The first-order chi connectivity index (χ1) is 19.9. The molecule has 1 amide bonds. The molecule has 1 unspecified atom stereocenters. The van der Waals surface area contributed by atoms with Crippen LogP contribution in [0.4, 0.5) is 33.6 Å². The Labute approximate surface area is 233 Å². The van der Waals surface area contributed by atoms with Gasteiger partial charge in [-0.1, -0.05) is 0 Å². The average molecular weight is 591 g/mol. The largest absolute Gasteiger partial charge is 0.453 e. The second kappa shape index (κ2) is 8.84. The summed E-state index contributed by atoms with van der Waals surface area (Å²) >= 11 is 0.